The fraction of sp³-hybridized carbons (Fsp3) is 0.346. The Balaban J connectivity index is 2.24. The molecule has 0 saturated heterocycles. The van der Waals surface area contributed by atoms with Gasteiger partial charge >= 0.3 is 6.18 Å². The summed E-state index contributed by atoms with van der Waals surface area (Å²) < 4.78 is 42.1. The van der Waals surface area contributed by atoms with E-state index in [9.17, 15) is 27.9 Å². The van der Waals surface area contributed by atoms with Gasteiger partial charge in [0.1, 0.15) is 0 Å². The number of nitrogens with zero attached hydrogens (tertiary/aromatic N) is 2. The van der Waals surface area contributed by atoms with Gasteiger partial charge in [0.25, 0.3) is 0 Å². The third kappa shape index (κ3) is 6.05. The van der Waals surface area contributed by atoms with Crippen molar-refractivity contribution in [1.29, 1.82) is 0 Å². The lowest BCUT2D eigenvalue weighted by atomic mass is 10.0. The van der Waals surface area contributed by atoms with Crippen molar-refractivity contribution in [2.45, 2.75) is 59.1 Å². The second kappa shape index (κ2) is 10.8. The van der Waals surface area contributed by atoms with E-state index in [-0.39, 0.29) is 29.8 Å². The van der Waals surface area contributed by atoms with Gasteiger partial charge in [0, 0.05) is 23.9 Å². The number of rotatable bonds is 9. The van der Waals surface area contributed by atoms with Crippen LogP contribution < -0.4 is 11.2 Å². The van der Waals surface area contributed by atoms with E-state index in [2.05, 4.69) is 10.5 Å². The smallest absolute Gasteiger partial charge is 0.416 e. The maximum absolute atomic E-state index is 13.6. The van der Waals surface area contributed by atoms with Crippen LogP contribution in [0.2, 0.25) is 0 Å². The highest BCUT2D eigenvalue weighted by molar-refractivity contribution is 6.14. The maximum Gasteiger partial charge on any atom is 0.416 e. The second-order valence-electron chi connectivity index (χ2n) is 8.77. The van der Waals surface area contributed by atoms with Crippen molar-refractivity contribution < 1.29 is 27.9 Å². The third-order valence-electron chi connectivity index (χ3n) is 5.71. The molecule has 3 rings (SSSR count). The number of fused-ring (bicyclic) bond motifs is 1. The Morgan fingerprint density at radius 3 is 2.31 bits per heavy atom. The van der Waals surface area contributed by atoms with Crippen molar-refractivity contribution in [3.63, 3.8) is 0 Å². The first kappa shape index (κ1) is 26.8. The first-order valence-corrected chi connectivity index (χ1v) is 11.6. The number of benzene rings is 2. The number of aromatic hydroxyl groups is 1. The molecule has 0 spiro atoms. The van der Waals surface area contributed by atoms with Gasteiger partial charge in [0.2, 0.25) is 17.7 Å². The Labute approximate surface area is 206 Å². The Morgan fingerprint density at radius 1 is 1.06 bits per heavy atom. The Bertz CT molecular complexity index is 1310. The Hall–Kier alpha value is -3.82. The number of unbranched alkanes of at least 4 members (excludes halogenated alkanes) is 1. The normalized spacial score (nSPS) is 12.2. The maximum atomic E-state index is 13.6. The highest BCUT2D eigenvalue weighted by Crippen LogP contribution is 2.39. The number of alkyl halides is 3. The summed E-state index contributed by atoms with van der Waals surface area (Å²) in [6.07, 6.45) is -3.09. The second-order valence-corrected chi connectivity index (χ2v) is 8.77. The molecule has 1 heterocycles. The predicted octanol–water partition coefficient (Wildman–Crippen LogP) is 5.25. The molecule has 0 radical (unpaired) electrons. The molecule has 0 aliphatic rings. The van der Waals surface area contributed by atoms with Crippen molar-refractivity contribution in [2.75, 3.05) is 0 Å². The van der Waals surface area contributed by atoms with Crippen LogP contribution >= 0.6 is 0 Å². The average molecular weight is 503 g/mol. The fourth-order valence-corrected chi connectivity index (χ4v) is 4.08. The topological polar surface area (TPSA) is 110 Å². The molecular weight excluding hydrogens is 473 g/mol. The van der Waals surface area contributed by atoms with Gasteiger partial charge in [-0.3, -0.25) is 14.2 Å². The summed E-state index contributed by atoms with van der Waals surface area (Å²) in [5, 5.41) is 15.9. The van der Waals surface area contributed by atoms with Crippen molar-refractivity contribution in [3.05, 3.63) is 58.7 Å². The van der Waals surface area contributed by atoms with E-state index in [0.717, 1.165) is 29.7 Å². The van der Waals surface area contributed by atoms with Crippen LogP contribution in [0.25, 0.3) is 16.6 Å². The predicted molar refractivity (Wildman–Crippen MR) is 132 cm³/mol. The van der Waals surface area contributed by atoms with Gasteiger partial charge in [-0.05, 0) is 62.1 Å². The molecular formula is C26H29F3N4O3. The molecule has 0 unspecified atom stereocenters. The highest BCUT2D eigenvalue weighted by Gasteiger charge is 2.32. The van der Waals surface area contributed by atoms with Crippen molar-refractivity contribution >= 4 is 28.4 Å². The molecule has 0 aliphatic heterocycles. The molecule has 3 aromatic rings. The van der Waals surface area contributed by atoms with Crippen LogP contribution in [0.1, 0.15) is 61.3 Å². The van der Waals surface area contributed by atoms with Gasteiger partial charge in [-0.1, -0.05) is 25.5 Å². The Morgan fingerprint density at radius 2 is 1.72 bits per heavy atom. The molecule has 0 aliphatic carbocycles. The zero-order chi connectivity index (χ0) is 26.6. The number of carbonyl (C=O) groups is 2. The largest absolute Gasteiger partial charge is 0.494 e. The number of hydrogen-bond acceptors (Lipinski definition) is 4. The van der Waals surface area contributed by atoms with Gasteiger partial charge < -0.3 is 10.8 Å². The van der Waals surface area contributed by atoms with E-state index in [1.165, 1.54) is 10.6 Å². The summed E-state index contributed by atoms with van der Waals surface area (Å²) in [7, 11) is 0. The molecule has 0 saturated carbocycles. The number of hydrogen-bond donors (Lipinski definition) is 3. The number of primary amides is 1. The van der Waals surface area contributed by atoms with Crippen LogP contribution in [-0.2, 0) is 15.8 Å². The zero-order valence-electron chi connectivity index (χ0n) is 20.4. The number of amides is 2. The number of aryl methyl sites for hydroxylation is 2. The van der Waals surface area contributed by atoms with Gasteiger partial charge in [-0.2, -0.15) is 18.3 Å². The summed E-state index contributed by atoms with van der Waals surface area (Å²) in [6.45, 7) is 5.67. The SMILES string of the molecule is CCCC/C(=N\NC(=O)CCC(N)=O)c1c(O)n(-c2cc(C)cc(C)c2)c2cc(C(F)(F)F)ccc12. The van der Waals surface area contributed by atoms with Crippen molar-refractivity contribution in [1.82, 2.24) is 9.99 Å². The van der Waals surface area contributed by atoms with E-state index in [1.807, 2.05) is 26.8 Å². The number of carbonyl (C=O) groups excluding carboxylic acids is 2. The summed E-state index contributed by atoms with van der Waals surface area (Å²) in [5.74, 6) is -1.45. The summed E-state index contributed by atoms with van der Waals surface area (Å²) in [5.41, 5.74) is 9.58. The molecule has 7 nitrogen and oxygen atoms in total. The summed E-state index contributed by atoms with van der Waals surface area (Å²) >= 11 is 0. The monoisotopic (exact) mass is 502 g/mol. The number of halogens is 3. The van der Waals surface area contributed by atoms with Crippen LogP contribution in [0.15, 0.2) is 41.5 Å². The lowest BCUT2D eigenvalue weighted by molar-refractivity contribution is -0.137. The van der Waals surface area contributed by atoms with Crippen LogP contribution in [0.5, 0.6) is 5.88 Å². The van der Waals surface area contributed by atoms with Gasteiger partial charge in [-0.15, -0.1) is 0 Å². The van der Waals surface area contributed by atoms with Crippen LogP contribution in [0, 0.1) is 13.8 Å². The molecule has 0 bridgehead atoms. The molecule has 1 aromatic heterocycles. The first-order chi connectivity index (χ1) is 16.9. The van der Waals surface area contributed by atoms with Crippen molar-refractivity contribution in [3.8, 4) is 11.6 Å². The summed E-state index contributed by atoms with van der Waals surface area (Å²) in [6, 6.07) is 8.72. The molecule has 0 atom stereocenters. The van der Waals surface area contributed by atoms with Crippen LogP contribution in [-0.4, -0.2) is 27.2 Å². The van der Waals surface area contributed by atoms with E-state index in [0.29, 0.717) is 29.6 Å². The first-order valence-electron chi connectivity index (χ1n) is 11.6. The molecule has 192 valence electrons. The zero-order valence-corrected chi connectivity index (χ0v) is 20.4. The molecule has 36 heavy (non-hydrogen) atoms. The minimum atomic E-state index is -4.57. The number of hydrazone groups is 1. The molecule has 4 N–H and O–H groups in total. The van der Waals surface area contributed by atoms with Gasteiger partial charge in [-0.25, -0.2) is 5.43 Å². The number of aromatic nitrogens is 1. The number of nitrogens with one attached hydrogen (secondary N) is 1. The van der Waals surface area contributed by atoms with Crippen molar-refractivity contribution in [2.24, 2.45) is 10.8 Å². The van der Waals surface area contributed by atoms with Gasteiger partial charge in [0.05, 0.1) is 22.4 Å². The minimum absolute atomic E-state index is 0.150. The molecule has 0 fully saturated rings. The number of nitrogens with two attached hydrogens (primary N) is 1. The van der Waals surface area contributed by atoms with Crippen LogP contribution in [0.4, 0.5) is 13.2 Å². The van der Waals surface area contributed by atoms with E-state index in [1.54, 1.807) is 12.1 Å². The van der Waals surface area contributed by atoms with E-state index >= 15 is 0 Å². The Kier molecular flexibility index (Phi) is 8.07. The average Bonchev–Trinajstić information content (AvgIpc) is 3.07. The van der Waals surface area contributed by atoms with E-state index < -0.39 is 23.6 Å². The lowest BCUT2D eigenvalue weighted by Gasteiger charge is -2.11. The summed E-state index contributed by atoms with van der Waals surface area (Å²) in [4.78, 5) is 23.1. The van der Waals surface area contributed by atoms with E-state index in [4.69, 9.17) is 5.73 Å². The molecule has 2 amide bonds. The minimum Gasteiger partial charge on any atom is -0.494 e. The molecule has 2 aromatic carbocycles. The van der Waals surface area contributed by atoms with Crippen LogP contribution in [0.3, 0.4) is 0 Å². The highest BCUT2D eigenvalue weighted by atomic mass is 19.4. The quantitative estimate of drug-likeness (QED) is 0.275. The lowest BCUT2D eigenvalue weighted by Crippen LogP contribution is -2.22. The fourth-order valence-electron chi connectivity index (χ4n) is 4.08. The standard InChI is InChI=1S/C26H29F3N4O3/c1-4-5-6-20(31-32-23(35)10-9-22(30)34)24-19-8-7-17(26(27,28)29)14-21(19)33(25(24)36)18-12-15(2)11-16(3)13-18/h7-8,11-14,36H,4-6,9-10H2,1-3H3,(H2,30,34)(H,32,35)/b31-20+. The third-order valence-corrected chi connectivity index (χ3v) is 5.71. The molecule has 10 heteroatoms. The van der Waals surface area contributed by atoms with Gasteiger partial charge in [0.15, 0.2) is 0 Å².